The largest absolute Gasteiger partial charge is 0.462 e. The number of hydrogen-bond donors (Lipinski definition) is 0. The lowest BCUT2D eigenvalue weighted by molar-refractivity contribution is -0.184. The van der Waals surface area contributed by atoms with E-state index in [1.807, 2.05) is 6.08 Å². The first kappa shape index (κ1) is 25.0. The minimum atomic E-state index is -0.143. The fraction of sp³-hybridized carbons (Fsp3) is 0.867. The number of carbonyl (C=O) groups is 2. The van der Waals surface area contributed by atoms with Gasteiger partial charge in [-0.05, 0) is 90.4 Å². The zero-order valence-corrected chi connectivity index (χ0v) is 22.2. The highest BCUT2D eigenvalue weighted by atomic mass is 16.5. The van der Waals surface area contributed by atoms with Gasteiger partial charge in [0.05, 0.1) is 0 Å². The second kappa shape index (κ2) is 9.15. The molecule has 3 saturated carbocycles. The van der Waals surface area contributed by atoms with Crippen molar-refractivity contribution < 1.29 is 14.3 Å². The molecular formula is C30H48O3. The van der Waals surface area contributed by atoms with Gasteiger partial charge >= 0.3 is 5.97 Å². The van der Waals surface area contributed by atoms with Crippen molar-refractivity contribution in [1.82, 2.24) is 0 Å². The third-order valence-electron chi connectivity index (χ3n) is 11.2. The summed E-state index contributed by atoms with van der Waals surface area (Å²) in [5, 5.41) is 0. The molecule has 0 aliphatic heterocycles. The van der Waals surface area contributed by atoms with Gasteiger partial charge < -0.3 is 4.74 Å². The van der Waals surface area contributed by atoms with Crippen LogP contribution >= 0.6 is 0 Å². The van der Waals surface area contributed by atoms with Crippen molar-refractivity contribution >= 4 is 11.8 Å². The van der Waals surface area contributed by atoms with Crippen molar-refractivity contribution in [3.05, 3.63) is 12.2 Å². The SMILES string of the molecule is CC(=O)O[C@@H]1C[C@]2(C)[C@H](CC[C@@H]2[C@H](C)CC[C@H](C)C(C)C)[C@@H]2CC[C@H]3CC(=O)C=C[C@@]3(C)[C@@H]21. The first-order chi connectivity index (χ1) is 15.5. The Balaban J connectivity index is 1.61. The molecule has 4 aliphatic carbocycles. The molecule has 4 aliphatic rings. The van der Waals surface area contributed by atoms with Crippen molar-refractivity contribution in [3.8, 4) is 0 Å². The Morgan fingerprint density at radius 2 is 1.82 bits per heavy atom. The summed E-state index contributed by atoms with van der Waals surface area (Å²) in [5.74, 6) is 5.14. The first-order valence-corrected chi connectivity index (χ1v) is 13.9. The predicted molar refractivity (Wildman–Crippen MR) is 133 cm³/mol. The third-order valence-corrected chi connectivity index (χ3v) is 11.2. The summed E-state index contributed by atoms with van der Waals surface area (Å²) in [7, 11) is 0. The van der Waals surface area contributed by atoms with Crippen LogP contribution in [0.3, 0.4) is 0 Å². The molecule has 186 valence electrons. The molecule has 0 N–H and O–H groups in total. The van der Waals surface area contributed by atoms with Gasteiger partial charge in [-0.25, -0.2) is 0 Å². The van der Waals surface area contributed by atoms with Crippen molar-refractivity contribution in [2.24, 2.45) is 58.2 Å². The highest BCUT2D eigenvalue weighted by Crippen LogP contribution is 2.68. The van der Waals surface area contributed by atoms with E-state index in [0.717, 1.165) is 36.5 Å². The summed E-state index contributed by atoms with van der Waals surface area (Å²) in [4.78, 5) is 24.5. The van der Waals surface area contributed by atoms with Crippen molar-refractivity contribution in [2.45, 2.75) is 106 Å². The molecular weight excluding hydrogens is 408 g/mol. The zero-order chi connectivity index (χ0) is 24.1. The summed E-state index contributed by atoms with van der Waals surface area (Å²) in [6, 6.07) is 0. The highest BCUT2D eigenvalue weighted by molar-refractivity contribution is 5.91. The van der Waals surface area contributed by atoms with Crippen LogP contribution in [0.1, 0.15) is 99.8 Å². The van der Waals surface area contributed by atoms with Gasteiger partial charge in [-0.15, -0.1) is 0 Å². The number of allylic oxidation sites excluding steroid dienone is 2. The lowest BCUT2D eigenvalue weighted by Crippen LogP contribution is -2.59. The number of carbonyl (C=O) groups excluding carboxylic acids is 2. The molecule has 3 nitrogen and oxygen atoms in total. The molecule has 0 aromatic rings. The second-order valence-corrected chi connectivity index (χ2v) is 13.3. The lowest BCUT2D eigenvalue weighted by Gasteiger charge is -2.61. The van der Waals surface area contributed by atoms with Gasteiger partial charge in [-0.2, -0.15) is 0 Å². The Hall–Kier alpha value is -1.12. The van der Waals surface area contributed by atoms with Gasteiger partial charge in [0.1, 0.15) is 6.10 Å². The van der Waals surface area contributed by atoms with Crippen LogP contribution < -0.4 is 0 Å². The Morgan fingerprint density at radius 1 is 1.09 bits per heavy atom. The van der Waals surface area contributed by atoms with Crippen LogP contribution in [0, 0.1) is 58.2 Å². The van der Waals surface area contributed by atoms with Crippen LogP contribution in [0.25, 0.3) is 0 Å². The van der Waals surface area contributed by atoms with Crippen LogP contribution in [-0.2, 0) is 14.3 Å². The third kappa shape index (κ3) is 4.36. The van der Waals surface area contributed by atoms with Crippen LogP contribution in [0.5, 0.6) is 0 Å². The molecule has 3 fully saturated rings. The Bertz CT molecular complexity index is 783. The number of hydrogen-bond acceptors (Lipinski definition) is 3. The minimum absolute atomic E-state index is 0.0261. The van der Waals surface area contributed by atoms with Crippen molar-refractivity contribution in [1.29, 1.82) is 0 Å². The molecule has 0 bridgehead atoms. The van der Waals surface area contributed by atoms with Crippen LogP contribution in [-0.4, -0.2) is 17.9 Å². The monoisotopic (exact) mass is 456 g/mol. The number of fused-ring (bicyclic) bond motifs is 5. The number of ether oxygens (including phenoxy) is 1. The van der Waals surface area contributed by atoms with Gasteiger partial charge in [-0.3, -0.25) is 9.59 Å². The van der Waals surface area contributed by atoms with E-state index in [4.69, 9.17) is 4.74 Å². The van der Waals surface area contributed by atoms with Gasteiger partial charge in [-0.1, -0.05) is 60.5 Å². The standard InChI is InChI=1S/C30H48O3/c1-18(2)19(3)8-9-20(4)25-12-13-26-24-11-10-22-16-23(32)14-15-29(22,6)28(24)27(33-21(5)31)17-30(25,26)7/h14-15,18-20,22,24-28H,8-13,16-17H2,1-7H3/t19-,20+,22-,24-,25+,26+,27+,28-,29+,30-/m0/s1. The molecule has 0 aromatic carbocycles. The van der Waals surface area contributed by atoms with E-state index in [1.54, 1.807) is 6.92 Å². The Kier molecular flexibility index (Phi) is 6.93. The molecule has 4 rings (SSSR count). The summed E-state index contributed by atoms with van der Waals surface area (Å²) in [5.41, 5.74) is 0.216. The fourth-order valence-electron chi connectivity index (χ4n) is 9.08. The second-order valence-electron chi connectivity index (χ2n) is 13.3. The van der Waals surface area contributed by atoms with Gasteiger partial charge in [0.15, 0.2) is 5.78 Å². The molecule has 0 spiro atoms. The van der Waals surface area contributed by atoms with E-state index < -0.39 is 0 Å². The fourth-order valence-corrected chi connectivity index (χ4v) is 9.08. The Labute approximate surface area is 202 Å². The van der Waals surface area contributed by atoms with Gasteiger partial charge in [0.25, 0.3) is 0 Å². The zero-order valence-electron chi connectivity index (χ0n) is 22.2. The number of ketones is 1. The Morgan fingerprint density at radius 3 is 2.48 bits per heavy atom. The molecule has 3 heteroatoms. The maximum absolute atomic E-state index is 12.3. The van der Waals surface area contributed by atoms with E-state index in [2.05, 4.69) is 47.6 Å². The molecule has 0 radical (unpaired) electrons. The molecule has 33 heavy (non-hydrogen) atoms. The summed E-state index contributed by atoms with van der Waals surface area (Å²) < 4.78 is 6.18. The smallest absolute Gasteiger partial charge is 0.302 e. The minimum Gasteiger partial charge on any atom is -0.462 e. The van der Waals surface area contributed by atoms with E-state index in [-0.39, 0.29) is 28.7 Å². The van der Waals surface area contributed by atoms with Gasteiger partial charge in [0.2, 0.25) is 0 Å². The highest BCUT2D eigenvalue weighted by Gasteiger charge is 2.63. The molecule has 0 aromatic heterocycles. The predicted octanol–water partition coefficient (Wildman–Crippen LogP) is 7.24. The summed E-state index contributed by atoms with van der Waals surface area (Å²) in [6.45, 7) is 16.1. The van der Waals surface area contributed by atoms with Crippen molar-refractivity contribution in [2.75, 3.05) is 0 Å². The van der Waals surface area contributed by atoms with Crippen LogP contribution in [0.15, 0.2) is 12.2 Å². The van der Waals surface area contributed by atoms with E-state index in [0.29, 0.717) is 30.1 Å². The summed E-state index contributed by atoms with van der Waals surface area (Å²) >= 11 is 0. The van der Waals surface area contributed by atoms with E-state index in [9.17, 15) is 9.59 Å². The number of rotatable bonds is 6. The average molecular weight is 457 g/mol. The first-order valence-electron chi connectivity index (χ1n) is 13.9. The van der Waals surface area contributed by atoms with E-state index >= 15 is 0 Å². The molecule has 10 atom stereocenters. The quantitative estimate of drug-likeness (QED) is 0.396. The van der Waals surface area contributed by atoms with Gasteiger partial charge in [0, 0.05) is 19.3 Å². The van der Waals surface area contributed by atoms with Crippen LogP contribution in [0.4, 0.5) is 0 Å². The average Bonchev–Trinajstić information content (AvgIpc) is 3.08. The van der Waals surface area contributed by atoms with Crippen LogP contribution in [0.2, 0.25) is 0 Å². The number of esters is 1. The molecule has 0 saturated heterocycles. The molecule has 0 amide bonds. The maximum Gasteiger partial charge on any atom is 0.302 e. The lowest BCUT2D eigenvalue weighted by atomic mass is 9.44. The topological polar surface area (TPSA) is 43.4 Å². The molecule has 0 unspecified atom stereocenters. The normalized spacial score (nSPS) is 44.1. The van der Waals surface area contributed by atoms with Crippen molar-refractivity contribution in [3.63, 3.8) is 0 Å². The summed E-state index contributed by atoms with van der Waals surface area (Å²) in [6.07, 6.45) is 13.3. The van der Waals surface area contributed by atoms with E-state index in [1.165, 1.54) is 32.1 Å². The molecule has 0 heterocycles. The maximum atomic E-state index is 12.3.